The molecule has 8 nitrogen and oxygen atoms in total. The average Bonchev–Trinajstić information content (AvgIpc) is 3.38. The van der Waals surface area contributed by atoms with E-state index in [-0.39, 0.29) is 25.9 Å². The summed E-state index contributed by atoms with van der Waals surface area (Å²) in [5.74, 6) is 0.397. The highest BCUT2D eigenvalue weighted by molar-refractivity contribution is 5.96. The molecular formula is C21H20N2O6. The van der Waals surface area contributed by atoms with Crippen molar-refractivity contribution in [1.82, 2.24) is 5.32 Å². The molecular weight excluding hydrogens is 376 g/mol. The van der Waals surface area contributed by atoms with Gasteiger partial charge in [-0.15, -0.1) is 0 Å². The zero-order valence-electron chi connectivity index (χ0n) is 15.7. The number of esters is 1. The smallest absolute Gasteiger partial charge is 0.338 e. The Morgan fingerprint density at radius 2 is 1.86 bits per heavy atom. The molecule has 0 bridgehead atoms. The van der Waals surface area contributed by atoms with Gasteiger partial charge in [-0.05, 0) is 48.4 Å². The summed E-state index contributed by atoms with van der Waals surface area (Å²) in [6, 6.07) is 12.0. The van der Waals surface area contributed by atoms with Gasteiger partial charge in [-0.1, -0.05) is 6.07 Å². The lowest BCUT2D eigenvalue weighted by Gasteiger charge is -2.15. The van der Waals surface area contributed by atoms with Crippen LogP contribution in [0.15, 0.2) is 42.5 Å². The molecule has 150 valence electrons. The van der Waals surface area contributed by atoms with Crippen molar-refractivity contribution >= 4 is 23.5 Å². The molecule has 2 heterocycles. The van der Waals surface area contributed by atoms with Crippen LogP contribution in [0.4, 0.5) is 5.69 Å². The lowest BCUT2D eigenvalue weighted by molar-refractivity contribution is -0.124. The minimum absolute atomic E-state index is 0.0828. The van der Waals surface area contributed by atoms with E-state index >= 15 is 0 Å². The third-order valence-electron chi connectivity index (χ3n) is 4.75. The highest BCUT2D eigenvalue weighted by atomic mass is 16.7. The second kappa shape index (κ2) is 8.22. The van der Waals surface area contributed by atoms with Gasteiger partial charge in [0.2, 0.25) is 12.7 Å². The fourth-order valence-corrected chi connectivity index (χ4v) is 3.22. The summed E-state index contributed by atoms with van der Waals surface area (Å²) < 4.78 is 15.6. The third-order valence-corrected chi connectivity index (χ3v) is 4.75. The SMILES string of the molecule is O=C(COC(=O)c1ccc(N2CCCC2=O)cc1)NCc1ccc2c(c1)OCO2. The molecule has 0 spiro atoms. The maximum absolute atomic E-state index is 12.1. The normalized spacial score (nSPS) is 14.8. The van der Waals surface area contributed by atoms with E-state index in [9.17, 15) is 14.4 Å². The van der Waals surface area contributed by atoms with Crippen LogP contribution < -0.4 is 19.7 Å². The number of nitrogens with one attached hydrogen (secondary N) is 1. The molecule has 2 aromatic carbocycles. The fourth-order valence-electron chi connectivity index (χ4n) is 3.22. The molecule has 0 radical (unpaired) electrons. The molecule has 0 atom stereocenters. The number of amides is 2. The van der Waals surface area contributed by atoms with Crippen LogP contribution in [0.25, 0.3) is 0 Å². The second-order valence-electron chi connectivity index (χ2n) is 6.74. The number of carbonyl (C=O) groups is 3. The van der Waals surface area contributed by atoms with Gasteiger partial charge in [-0.2, -0.15) is 0 Å². The summed E-state index contributed by atoms with van der Waals surface area (Å²) in [6.07, 6.45) is 1.38. The number of anilines is 1. The van der Waals surface area contributed by atoms with Gasteiger partial charge in [0.15, 0.2) is 18.1 Å². The van der Waals surface area contributed by atoms with Gasteiger partial charge in [0.1, 0.15) is 0 Å². The quantitative estimate of drug-likeness (QED) is 0.751. The number of fused-ring (bicyclic) bond motifs is 1. The van der Waals surface area contributed by atoms with E-state index in [1.807, 2.05) is 6.07 Å². The predicted octanol–water partition coefficient (Wildman–Crippen LogP) is 2.02. The molecule has 4 rings (SSSR count). The number of nitrogens with zero attached hydrogens (tertiary/aromatic N) is 1. The Morgan fingerprint density at radius 3 is 2.62 bits per heavy atom. The molecule has 2 amide bonds. The molecule has 2 aliphatic rings. The van der Waals surface area contributed by atoms with E-state index in [1.165, 1.54) is 0 Å². The van der Waals surface area contributed by atoms with Crippen LogP contribution in [0.3, 0.4) is 0 Å². The van der Waals surface area contributed by atoms with Crippen LogP contribution in [0.2, 0.25) is 0 Å². The monoisotopic (exact) mass is 396 g/mol. The number of hydrogen-bond donors (Lipinski definition) is 1. The Labute approximate surface area is 167 Å². The van der Waals surface area contributed by atoms with Crippen LogP contribution in [0.1, 0.15) is 28.8 Å². The van der Waals surface area contributed by atoms with E-state index in [1.54, 1.807) is 41.3 Å². The van der Waals surface area contributed by atoms with Gasteiger partial charge in [0.25, 0.3) is 5.91 Å². The maximum Gasteiger partial charge on any atom is 0.338 e. The molecule has 0 unspecified atom stereocenters. The Hall–Kier alpha value is -3.55. The third kappa shape index (κ3) is 4.31. The Kier molecular flexibility index (Phi) is 5.33. The van der Waals surface area contributed by atoms with Gasteiger partial charge < -0.3 is 24.4 Å². The van der Waals surface area contributed by atoms with Gasteiger partial charge >= 0.3 is 5.97 Å². The summed E-state index contributed by atoms with van der Waals surface area (Å²) in [5, 5.41) is 2.69. The minimum atomic E-state index is -0.595. The number of hydrogen-bond acceptors (Lipinski definition) is 6. The first-order valence-electron chi connectivity index (χ1n) is 9.33. The van der Waals surface area contributed by atoms with Crippen molar-refractivity contribution in [3.8, 4) is 11.5 Å². The summed E-state index contributed by atoms with van der Waals surface area (Å²) in [4.78, 5) is 37.6. The summed E-state index contributed by atoms with van der Waals surface area (Å²) in [7, 11) is 0. The number of ether oxygens (including phenoxy) is 3. The van der Waals surface area contributed by atoms with Crippen LogP contribution >= 0.6 is 0 Å². The van der Waals surface area contributed by atoms with Crippen molar-refractivity contribution in [2.24, 2.45) is 0 Å². The zero-order chi connectivity index (χ0) is 20.2. The van der Waals surface area contributed by atoms with Crippen LogP contribution in [-0.2, 0) is 20.9 Å². The lowest BCUT2D eigenvalue weighted by atomic mass is 10.2. The molecule has 0 saturated carbocycles. The Bertz CT molecular complexity index is 941. The van der Waals surface area contributed by atoms with Crippen LogP contribution in [0.5, 0.6) is 11.5 Å². The van der Waals surface area contributed by atoms with Crippen molar-refractivity contribution in [3.63, 3.8) is 0 Å². The highest BCUT2D eigenvalue weighted by Gasteiger charge is 2.22. The predicted molar refractivity (Wildman–Crippen MR) is 103 cm³/mol. The van der Waals surface area contributed by atoms with E-state index in [0.29, 0.717) is 30.0 Å². The molecule has 2 aliphatic heterocycles. The van der Waals surface area contributed by atoms with Crippen molar-refractivity contribution in [1.29, 1.82) is 0 Å². The highest BCUT2D eigenvalue weighted by Crippen LogP contribution is 2.32. The molecule has 29 heavy (non-hydrogen) atoms. The molecule has 1 fully saturated rings. The van der Waals surface area contributed by atoms with Gasteiger partial charge in [-0.3, -0.25) is 9.59 Å². The van der Waals surface area contributed by atoms with Gasteiger partial charge in [0, 0.05) is 25.2 Å². The van der Waals surface area contributed by atoms with Gasteiger partial charge in [-0.25, -0.2) is 4.79 Å². The maximum atomic E-state index is 12.1. The van der Waals surface area contributed by atoms with E-state index in [0.717, 1.165) is 17.7 Å². The van der Waals surface area contributed by atoms with Crippen molar-refractivity contribution in [2.45, 2.75) is 19.4 Å². The number of rotatable bonds is 6. The Morgan fingerprint density at radius 1 is 1.07 bits per heavy atom. The van der Waals surface area contributed by atoms with E-state index < -0.39 is 11.9 Å². The minimum Gasteiger partial charge on any atom is -0.454 e. The molecule has 8 heteroatoms. The van der Waals surface area contributed by atoms with Gasteiger partial charge in [0.05, 0.1) is 5.56 Å². The first-order chi connectivity index (χ1) is 14.1. The van der Waals surface area contributed by atoms with Crippen molar-refractivity contribution in [2.75, 3.05) is 24.8 Å². The summed E-state index contributed by atoms with van der Waals surface area (Å²) >= 11 is 0. The second-order valence-corrected chi connectivity index (χ2v) is 6.74. The first kappa shape index (κ1) is 18.8. The average molecular weight is 396 g/mol. The molecule has 0 aliphatic carbocycles. The molecule has 1 saturated heterocycles. The molecule has 1 N–H and O–H groups in total. The zero-order valence-corrected chi connectivity index (χ0v) is 15.7. The molecule has 0 aromatic heterocycles. The standard InChI is InChI=1S/C21H20N2O6/c24-19(22-11-14-3-8-17-18(10-14)29-13-28-17)12-27-21(26)15-4-6-16(7-5-15)23-9-1-2-20(23)25/h3-8,10H,1-2,9,11-13H2,(H,22,24). The number of carbonyl (C=O) groups excluding carboxylic acids is 3. The Balaban J connectivity index is 1.24. The largest absolute Gasteiger partial charge is 0.454 e. The topological polar surface area (TPSA) is 94.2 Å². The van der Waals surface area contributed by atoms with E-state index in [2.05, 4.69) is 5.32 Å². The van der Waals surface area contributed by atoms with Crippen LogP contribution in [0, 0.1) is 0 Å². The summed E-state index contributed by atoms with van der Waals surface area (Å²) in [5.41, 5.74) is 1.93. The molecule has 2 aromatic rings. The van der Waals surface area contributed by atoms with Crippen molar-refractivity contribution in [3.05, 3.63) is 53.6 Å². The summed E-state index contributed by atoms with van der Waals surface area (Å²) in [6.45, 7) is 0.782. The van der Waals surface area contributed by atoms with E-state index in [4.69, 9.17) is 14.2 Å². The fraction of sp³-hybridized carbons (Fsp3) is 0.286. The van der Waals surface area contributed by atoms with Crippen molar-refractivity contribution < 1.29 is 28.6 Å². The number of benzene rings is 2. The van der Waals surface area contributed by atoms with Crippen LogP contribution in [-0.4, -0.2) is 37.7 Å². The first-order valence-corrected chi connectivity index (χ1v) is 9.33. The lowest BCUT2D eigenvalue weighted by Crippen LogP contribution is -2.28.